The fourth-order valence-electron chi connectivity index (χ4n) is 2.52. The minimum absolute atomic E-state index is 0. The van der Waals surface area contributed by atoms with Gasteiger partial charge in [0.2, 0.25) is 5.91 Å². The van der Waals surface area contributed by atoms with Gasteiger partial charge in [0, 0.05) is 18.7 Å². The number of hydrogen-bond acceptors (Lipinski definition) is 3. The third-order valence-electron chi connectivity index (χ3n) is 3.72. The highest BCUT2D eigenvalue weighted by molar-refractivity contribution is 5.90. The lowest BCUT2D eigenvalue weighted by atomic mass is 10.00. The predicted molar refractivity (Wildman–Crippen MR) is 83.0 cm³/mol. The fourth-order valence-corrected chi connectivity index (χ4v) is 2.52. The molecule has 1 fully saturated rings. The first kappa shape index (κ1) is 17.0. The van der Waals surface area contributed by atoms with Gasteiger partial charge in [-0.3, -0.25) is 9.48 Å². The van der Waals surface area contributed by atoms with Crippen LogP contribution in [0.1, 0.15) is 46.5 Å². The fraction of sp³-hybridized carbons (Fsp3) is 0.714. The molecule has 1 amide bonds. The summed E-state index contributed by atoms with van der Waals surface area (Å²) in [4.78, 5) is 12.0. The van der Waals surface area contributed by atoms with Gasteiger partial charge in [-0.1, -0.05) is 6.42 Å². The molecule has 0 unspecified atom stereocenters. The van der Waals surface area contributed by atoms with Gasteiger partial charge < -0.3 is 11.1 Å². The zero-order chi connectivity index (χ0) is 14.0. The van der Waals surface area contributed by atoms with Crippen molar-refractivity contribution in [2.75, 3.05) is 5.32 Å². The van der Waals surface area contributed by atoms with E-state index >= 15 is 0 Å². The highest BCUT2D eigenvalue weighted by atomic mass is 35.5. The minimum Gasteiger partial charge on any atom is -0.327 e. The molecule has 0 saturated heterocycles. The third-order valence-corrected chi connectivity index (χ3v) is 3.72. The predicted octanol–water partition coefficient (Wildman–Crippen LogP) is 2.52. The molecule has 1 heterocycles. The topological polar surface area (TPSA) is 72.9 Å². The monoisotopic (exact) mass is 300 g/mol. The normalized spacial score (nSPS) is 22.4. The van der Waals surface area contributed by atoms with Crippen LogP contribution in [0.5, 0.6) is 0 Å². The van der Waals surface area contributed by atoms with E-state index in [0.717, 1.165) is 24.9 Å². The molecule has 0 bridgehead atoms. The van der Waals surface area contributed by atoms with Crippen molar-refractivity contribution < 1.29 is 4.79 Å². The van der Waals surface area contributed by atoms with Crippen LogP contribution in [0.3, 0.4) is 0 Å². The molecular formula is C14H25ClN4O. The van der Waals surface area contributed by atoms with Crippen LogP contribution in [-0.4, -0.2) is 21.7 Å². The van der Waals surface area contributed by atoms with Crippen LogP contribution >= 0.6 is 12.4 Å². The molecule has 0 spiro atoms. The Morgan fingerprint density at radius 3 is 2.70 bits per heavy atom. The van der Waals surface area contributed by atoms with Gasteiger partial charge >= 0.3 is 0 Å². The summed E-state index contributed by atoms with van der Waals surface area (Å²) in [5.41, 5.74) is 6.67. The van der Waals surface area contributed by atoms with Crippen molar-refractivity contribution in [3.63, 3.8) is 0 Å². The Kier molecular flexibility index (Phi) is 5.59. The number of rotatable bonds is 3. The maximum atomic E-state index is 12.0. The van der Waals surface area contributed by atoms with Gasteiger partial charge in [-0.25, -0.2) is 0 Å². The molecule has 1 aliphatic rings. The molecule has 114 valence electrons. The highest BCUT2D eigenvalue weighted by Crippen LogP contribution is 2.27. The molecule has 1 saturated carbocycles. The number of carbonyl (C=O) groups excluding carboxylic acids is 1. The average Bonchev–Trinajstić information content (AvgIpc) is 2.88. The zero-order valence-corrected chi connectivity index (χ0v) is 13.2. The average molecular weight is 301 g/mol. The SMILES string of the molecule is CC(C)(C)n1cc(NC(=O)C[C@@H]2CCC[C@H]2N)cn1.Cl. The van der Waals surface area contributed by atoms with Crippen molar-refractivity contribution in [1.82, 2.24) is 9.78 Å². The van der Waals surface area contributed by atoms with Crippen molar-refractivity contribution in [2.24, 2.45) is 11.7 Å². The van der Waals surface area contributed by atoms with Gasteiger partial charge in [0.05, 0.1) is 17.4 Å². The van der Waals surface area contributed by atoms with Crippen molar-refractivity contribution >= 4 is 24.0 Å². The van der Waals surface area contributed by atoms with E-state index in [2.05, 4.69) is 31.2 Å². The lowest BCUT2D eigenvalue weighted by Gasteiger charge is -2.18. The summed E-state index contributed by atoms with van der Waals surface area (Å²) in [6.45, 7) is 6.22. The van der Waals surface area contributed by atoms with Gasteiger partial charge in [-0.15, -0.1) is 12.4 Å². The summed E-state index contributed by atoms with van der Waals surface area (Å²) in [5, 5.41) is 7.17. The third kappa shape index (κ3) is 4.21. The highest BCUT2D eigenvalue weighted by Gasteiger charge is 2.26. The Morgan fingerprint density at radius 1 is 1.50 bits per heavy atom. The molecule has 6 heteroatoms. The molecule has 0 aliphatic heterocycles. The number of nitrogens with zero attached hydrogens (tertiary/aromatic N) is 2. The van der Waals surface area contributed by atoms with E-state index in [1.807, 2.05) is 10.9 Å². The Balaban J connectivity index is 0.00000200. The summed E-state index contributed by atoms with van der Waals surface area (Å²) < 4.78 is 1.85. The van der Waals surface area contributed by atoms with Crippen LogP contribution in [0.15, 0.2) is 12.4 Å². The van der Waals surface area contributed by atoms with E-state index in [1.165, 1.54) is 0 Å². The number of carbonyl (C=O) groups is 1. The number of hydrogen-bond donors (Lipinski definition) is 2. The molecule has 5 nitrogen and oxygen atoms in total. The van der Waals surface area contributed by atoms with Gasteiger partial charge in [-0.2, -0.15) is 5.10 Å². The second kappa shape index (κ2) is 6.59. The Bertz CT molecular complexity index is 452. The molecule has 0 radical (unpaired) electrons. The largest absolute Gasteiger partial charge is 0.327 e. The van der Waals surface area contributed by atoms with Crippen LogP contribution in [0, 0.1) is 5.92 Å². The number of halogens is 1. The van der Waals surface area contributed by atoms with Gasteiger partial charge in [0.25, 0.3) is 0 Å². The summed E-state index contributed by atoms with van der Waals surface area (Å²) in [6.07, 6.45) is 7.32. The van der Waals surface area contributed by atoms with E-state index in [-0.39, 0.29) is 29.9 Å². The number of nitrogens with one attached hydrogen (secondary N) is 1. The molecule has 1 aromatic rings. The number of amides is 1. The summed E-state index contributed by atoms with van der Waals surface area (Å²) in [6, 6.07) is 0.183. The second-order valence-electron chi connectivity index (χ2n) is 6.45. The van der Waals surface area contributed by atoms with Gasteiger partial charge in [-0.05, 0) is 39.5 Å². The van der Waals surface area contributed by atoms with Crippen LogP contribution in [0.2, 0.25) is 0 Å². The Hall–Kier alpha value is -1.07. The van der Waals surface area contributed by atoms with Crippen molar-refractivity contribution in [2.45, 2.75) is 58.0 Å². The maximum Gasteiger partial charge on any atom is 0.224 e. The van der Waals surface area contributed by atoms with Gasteiger partial charge in [0.15, 0.2) is 0 Å². The zero-order valence-electron chi connectivity index (χ0n) is 12.4. The smallest absolute Gasteiger partial charge is 0.224 e. The van der Waals surface area contributed by atoms with E-state index in [4.69, 9.17) is 5.73 Å². The van der Waals surface area contributed by atoms with Crippen molar-refractivity contribution in [1.29, 1.82) is 0 Å². The van der Waals surface area contributed by atoms with Crippen LogP contribution in [0.4, 0.5) is 5.69 Å². The maximum absolute atomic E-state index is 12.0. The van der Waals surface area contributed by atoms with Crippen molar-refractivity contribution in [3.05, 3.63) is 12.4 Å². The first-order chi connectivity index (χ1) is 8.86. The van der Waals surface area contributed by atoms with Gasteiger partial charge in [0.1, 0.15) is 0 Å². The Labute approximate surface area is 126 Å². The van der Waals surface area contributed by atoms with Crippen LogP contribution < -0.4 is 11.1 Å². The lowest BCUT2D eigenvalue weighted by molar-refractivity contribution is -0.117. The molecule has 1 aliphatic carbocycles. The molecule has 2 rings (SSSR count). The molecule has 2 atom stereocenters. The molecule has 3 N–H and O–H groups in total. The van der Waals surface area contributed by atoms with E-state index < -0.39 is 0 Å². The summed E-state index contributed by atoms with van der Waals surface area (Å²) in [7, 11) is 0. The lowest BCUT2D eigenvalue weighted by Crippen LogP contribution is -2.28. The summed E-state index contributed by atoms with van der Waals surface area (Å²) in [5.74, 6) is 0.369. The number of anilines is 1. The standard InChI is InChI=1S/C14H24N4O.ClH/c1-14(2,3)18-9-11(8-16-18)17-13(19)7-10-5-4-6-12(10)15;/h8-10,12H,4-7,15H2,1-3H3,(H,17,19);1H/t10-,12+;/m0./s1. The Morgan fingerprint density at radius 2 is 2.20 bits per heavy atom. The van der Waals surface area contributed by atoms with Crippen LogP contribution in [0.25, 0.3) is 0 Å². The quantitative estimate of drug-likeness (QED) is 0.901. The molecule has 0 aromatic carbocycles. The van der Waals surface area contributed by atoms with E-state index in [9.17, 15) is 4.79 Å². The minimum atomic E-state index is -0.0726. The molecular weight excluding hydrogens is 276 g/mol. The second-order valence-corrected chi connectivity index (χ2v) is 6.45. The van der Waals surface area contributed by atoms with E-state index in [1.54, 1.807) is 6.20 Å². The first-order valence-electron chi connectivity index (χ1n) is 6.97. The summed E-state index contributed by atoms with van der Waals surface area (Å²) >= 11 is 0. The van der Waals surface area contributed by atoms with E-state index in [0.29, 0.717) is 12.3 Å². The van der Waals surface area contributed by atoms with Crippen LogP contribution in [-0.2, 0) is 10.3 Å². The first-order valence-corrected chi connectivity index (χ1v) is 6.97. The van der Waals surface area contributed by atoms with Crippen molar-refractivity contribution in [3.8, 4) is 0 Å². The molecule has 1 aromatic heterocycles. The number of aromatic nitrogens is 2. The molecule has 20 heavy (non-hydrogen) atoms. The number of nitrogens with two attached hydrogens (primary N) is 1.